The lowest BCUT2D eigenvalue weighted by atomic mass is 10.1. The fourth-order valence-electron chi connectivity index (χ4n) is 1.46. The predicted octanol–water partition coefficient (Wildman–Crippen LogP) is 4.17. The van der Waals surface area contributed by atoms with Crippen LogP contribution in [0.1, 0.15) is 25.1 Å². The highest BCUT2D eigenvalue weighted by Crippen LogP contribution is 2.29. The molecule has 0 saturated carbocycles. The number of benzene rings is 1. The predicted molar refractivity (Wildman–Crippen MR) is 71.9 cm³/mol. The van der Waals surface area contributed by atoms with E-state index in [2.05, 4.69) is 21.1 Å². The standard InChI is InChI=1S/C12H12BrClN2O/c1-2-10(15)12-6-11(16-17-12)7-3-4-9(14)8(13)5-7/h3-6,10H,2,15H2,1H3. The summed E-state index contributed by atoms with van der Waals surface area (Å²) in [5.74, 6) is 0.702. The molecule has 0 bridgehead atoms. The van der Waals surface area contributed by atoms with E-state index in [9.17, 15) is 0 Å². The van der Waals surface area contributed by atoms with Crippen LogP contribution in [0.2, 0.25) is 5.02 Å². The largest absolute Gasteiger partial charge is 0.359 e. The lowest BCUT2D eigenvalue weighted by molar-refractivity contribution is 0.360. The number of halogens is 2. The number of aromatic nitrogens is 1. The number of nitrogens with zero attached hydrogens (tertiary/aromatic N) is 1. The zero-order valence-corrected chi connectivity index (χ0v) is 11.6. The van der Waals surface area contributed by atoms with Gasteiger partial charge in [-0.05, 0) is 34.5 Å². The minimum atomic E-state index is -0.105. The maximum atomic E-state index is 5.94. The second-order valence-corrected chi connectivity index (χ2v) is 5.02. The quantitative estimate of drug-likeness (QED) is 0.925. The van der Waals surface area contributed by atoms with Gasteiger partial charge < -0.3 is 10.3 Å². The summed E-state index contributed by atoms with van der Waals surface area (Å²) in [4.78, 5) is 0. The van der Waals surface area contributed by atoms with E-state index < -0.39 is 0 Å². The van der Waals surface area contributed by atoms with E-state index in [0.717, 1.165) is 22.2 Å². The van der Waals surface area contributed by atoms with Gasteiger partial charge in [0.05, 0.1) is 11.1 Å². The fraction of sp³-hybridized carbons (Fsp3) is 0.250. The summed E-state index contributed by atoms with van der Waals surface area (Å²) >= 11 is 9.31. The highest BCUT2D eigenvalue weighted by molar-refractivity contribution is 9.10. The van der Waals surface area contributed by atoms with Gasteiger partial charge in [0.1, 0.15) is 5.69 Å². The van der Waals surface area contributed by atoms with E-state index in [1.807, 2.05) is 31.2 Å². The van der Waals surface area contributed by atoms with Gasteiger partial charge in [0.25, 0.3) is 0 Å². The summed E-state index contributed by atoms with van der Waals surface area (Å²) in [7, 11) is 0. The minimum absolute atomic E-state index is 0.105. The first-order valence-electron chi connectivity index (χ1n) is 5.29. The van der Waals surface area contributed by atoms with Gasteiger partial charge in [-0.15, -0.1) is 0 Å². The van der Waals surface area contributed by atoms with Crippen LogP contribution in [-0.2, 0) is 0 Å². The highest BCUT2D eigenvalue weighted by Gasteiger charge is 2.12. The molecule has 3 nitrogen and oxygen atoms in total. The topological polar surface area (TPSA) is 52.0 Å². The molecule has 0 spiro atoms. The summed E-state index contributed by atoms with van der Waals surface area (Å²) in [5, 5.41) is 4.68. The lowest BCUT2D eigenvalue weighted by Gasteiger charge is -2.01. The average molecular weight is 316 g/mol. The van der Waals surface area contributed by atoms with Gasteiger partial charge >= 0.3 is 0 Å². The Morgan fingerprint density at radius 3 is 2.88 bits per heavy atom. The molecule has 1 unspecified atom stereocenters. The van der Waals surface area contributed by atoms with Crippen LogP contribution in [0, 0.1) is 0 Å². The van der Waals surface area contributed by atoms with Crippen molar-refractivity contribution in [3.8, 4) is 11.3 Å². The molecule has 90 valence electrons. The van der Waals surface area contributed by atoms with Crippen molar-refractivity contribution in [1.82, 2.24) is 5.16 Å². The van der Waals surface area contributed by atoms with E-state index >= 15 is 0 Å². The van der Waals surface area contributed by atoms with Crippen LogP contribution in [0.4, 0.5) is 0 Å². The van der Waals surface area contributed by atoms with Crippen molar-refractivity contribution >= 4 is 27.5 Å². The van der Waals surface area contributed by atoms with Crippen molar-refractivity contribution < 1.29 is 4.52 Å². The van der Waals surface area contributed by atoms with Crippen LogP contribution in [0.3, 0.4) is 0 Å². The Bertz CT molecular complexity index is 527. The Morgan fingerprint density at radius 2 is 2.24 bits per heavy atom. The fourth-order valence-corrected chi connectivity index (χ4v) is 1.95. The molecule has 0 radical (unpaired) electrons. The molecule has 1 aromatic heterocycles. The third kappa shape index (κ3) is 2.70. The third-order valence-corrected chi connectivity index (χ3v) is 3.76. The van der Waals surface area contributed by atoms with Crippen LogP contribution in [0.25, 0.3) is 11.3 Å². The Morgan fingerprint density at radius 1 is 1.47 bits per heavy atom. The molecule has 0 aliphatic rings. The molecule has 0 aliphatic heterocycles. The molecule has 0 fully saturated rings. The van der Waals surface area contributed by atoms with Crippen LogP contribution < -0.4 is 5.73 Å². The zero-order valence-electron chi connectivity index (χ0n) is 9.28. The van der Waals surface area contributed by atoms with E-state index in [0.29, 0.717) is 10.8 Å². The molecule has 2 aromatic rings. The molecular formula is C12H12BrClN2O. The normalized spacial score (nSPS) is 12.7. The molecule has 1 aromatic carbocycles. The van der Waals surface area contributed by atoms with Crippen molar-refractivity contribution in [2.24, 2.45) is 5.73 Å². The first kappa shape index (κ1) is 12.6. The molecule has 1 atom stereocenters. The minimum Gasteiger partial charge on any atom is -0.359 e. The van der Waals surface area contributed by atoms with Gasteiger partial charge in [0.15, 0.2) is 5.76 Å². The van der Waals surface area contributed by atoms with Crippen LogP contribution in [-0.4, -0.2) is 5.16 Å². The third-order valence-electron chi connectivity index (χ3n) is 2.55. The van der Waals surface area contributed by atoms with Gasteiger partial charge in [-0.1, -0.05) is 29.7 Å². The molecule has 5 heteroatoms. The van der Waals surface area contributed by atoms with E-state index in [1.54, 1.807) is 0 Å². The van der Waals surface area contributed by atoms with Gasteiger partial charge in [0.2, 0.25) is 0 Å². The van der Waals surface area contributed by atoms with Gasteiger partial charge in [-0.25, -0.2) is 0 Å². The van der Waals surface area contributed by atoms with Gasteiger partial charge in [0, 0.05) is 16.1 Å². The van der Waals surface area contributed by atoms with E-state index in [-0.39, 0.29) is 6.04 Å². The average Bonchev–Trinajstić information content (AvgIpc) is 2.81. The van der Waals surface area contributed by atoms with Crippen LogP contribution in [0.5, 0.6) is 0 Å². The van der Waals surface area contributed by atoms with Crippen molar-refractivity contribution in [3.05, 3.63) is 39.5 Å². The summed E-state index contributed by atoms with van der Waals surface area (Å²) in [6.07, 6.45) is 0.818. The van der Waals surface area contributed by atoms with Crippen molar-refractivity contribution in [2.75, 3.05) is 0 Å². The van der Waals surface area contributed by atoms with E-state index in [4.69, 9.17) is 21.9 Å². The highest BCUT2D eigenvalue weighted by atomic mass is 79.9. The van der Waals surface area contributed by atoms with Crippen molar-refractivity contribution in [2.45, 2.75) is 19.4 Å². The Hall–Kier alpha value is -0.840. The SMILES string of the molecule is CCC(N)c1cc(-c2ccc(Cl)c(Br)c2)no1. The number of rotatable bonds is 3. The molecule has 0 aliphatic carbocycles. The molecule has 1 heterocycles. The monoisotopic (exact) mass is 314 g/mol. The summed E-state index contributed by atoms with van der Waals surface area (Å²) in [5.41, 5.74) is 7.58. The maximum Gasteiger partial charge on any atom is 0.154 e. The molecule has 2 rings (SSSR count). The smallest absolute Gasteiger partial charge is 0.154 e. The Balaban J connectivity index is 2.33. The molecular weight excluding hydrogens is 304 g/mol. The lowest BCUT2D eigenvalue weighted by Crippen LogP contribution is -2.06. The van der Waals surface area contributed by atoms with Gasteiger partial charge in [-0.2, -0.15) is 0 Å². The van der Waals surface area contributed by atoms with E-state index in [1.165, 1.54) is 0 Å². The van der Waals surface area contributed by atoms with Gasteiger partial charge in [-0.3, -0.25) is 0 Å². The number of hydrogen-bond donors (Lipinski definition) is 1. The van der Waals surface area contributed by atoms with Crippen molar-refractivity contribution in [3.63, 3.8) is 0 Å². The Labute approximate surface area is 113 Å². The number of nitrogens with two attached hydrogens (primary N) is 1. The van der Waals surface area contributed by atoms with Crippen LogP contribution in [0.15, 0.2) is 33.3 Å². The first-order chi connectivity index (χ1) is 8.11. The second-order valence-electron chi connectivity index (χ2n) is 3.76. The summed E-state index contributed by atoms with van der Waals surface area (Å²) < 4.78 is 6.05. The zero-order chi connectivity index (χ0) is 12.4. The summed E-state index contributed by atoms with van der Waals surface area (Å²) in [6.45, 7) is 2.01. The number of hydrogen-bond acceptors (Lipinski definition) is 3. The Kier molecular flexibility index (Phi) is 3.86. The second kappa shape index (κ2) is 5.21. The maximum absolute atomic E-state index is 5.94. The molecule has 2 N–H and O–H groups in total. The van der Waals surface area contributed by atoms with Crippen molar-refractivity contribution in [1.29, 1.82) is 0 Å². The first-order valence-corrected chi connectivity index (χ1v) is 6.46. The van der Waals surface area contributed by atoms with Crippen LogP contribution >= 0.6 is 27.5 Å². The molecule has 0 saturated heterocycles. The molecule has 0 amide bonds. The molecule has 17 heavy (non-hydrogen) atoms. The summed E-state index contributed by atoms with van der Waals surface area (Å²) in [6, 6.07) is 7.37.